The van der Waals surface area contributed by atoms with Crippen molar-refractivity contribution in [2.24, 2.45) is 5.92 Å². The largest absolute Gasteiger partial charge is 0.395 e. The Morgan fingerprint density at radius 1 is 1.25 bits per heavy atom. The monoisotopic (exact) mass is 221 g/mol. The lowest BCUT2D eigenvalue weighted by Gasteiger charge is -2.31. The van der Waals surface area contributed by atoms with Gasteiger partial charge in [0.05, 0.1) is 6.61 Å². The second-order valence-electron chi connectivity index (χ2n) is 4.54. The zero-order chi connectivity index (χ0) is 12.0. The smallest absolute Gasteiger partial charge is 0.0589 e. The van der Waals surface area contributed by atoms with Crippen LogP contribution in [0.4, 0.5) is 0 Å². The SMILES string of the molecule is CCC(C)[C@@H](CO)N(C)Cc1ccccc1. The highest BCUT2D eigenvalue weighted by atomic mass is 16.3. The fourth-order valence-electron chi connectivity index (χ4n) is 2.01. The minimum atomic E-state index is 0.234. The molecular weight excluding hydrogens is 198 g/mol. The Balaban J connectivity index is 2.59. The molecule has 16 heavy (non-hydrogen) atoms. The number of likely N-dealkylation sites (N-methyl/N-ethyl adjacent to an activating group) is 1. The molecule has 1 aromatic rings. The average Bonchev–Trinajstić information content (AvgIpc) is 2.31. The molecule has 1 rings (SSSR count). The van der Waals surface area contributed by atoms with Crippen molar-refractivity contribution < 1.29 is 5.11 Å². The quantitative estimate of drug-likeness (QED) is 0.798. The molecular formula is C14H23NO. The molecule has 0 aliphatic heterocycles. The Kier molecular flexibility index (Phi) is 5.50. The normalized spacial score (nSPS) is 15.1. The topological polar surface area (TPSA) is 23.5 Å². The highest BCUT2D eigenvalue weighted by molar-refractivity contribution is 5.14. The number of aliphatic hydroxyl groups excluding tert-OH is 1. The number of nitrogens with zero attached hydrogens (tertiary/aromatic N) is 1. The molecule has 0 radical (unpaired) electrons. The molecule has 0 saturated carbocycles. The predicted octanol–water partition coefficient (Wildman–Crippen LogP) is 2.53. The fraction of sp³-hybridized carbons (Fsp3) is 0.571. The van der Waals surface area contributed by atoms with Gasteiger partial charge in [-0.3, -0.25) is 4.90 Å². The van der Waals surface area contributed by atoms with Gasteiger partial charge in [-0.05, 0) is 18.5 Å². The number of benzene rings is 1. The summed E-state index contributed by atoms with van der Waals surface area (Å²) in [6.45, 7) is 5.50. The van der Waals surface area contributed by atoms with E-state index in [-0.39, 0.29) is 12.6 Å². The second kappa shape index (κ2) is 6.66. The van der Waals surface area contributed by atoms with Crippen molar-refractivity contribution in [2.75, 3.05) is 13.7 Å². The molecule has 1 aromatic carbocycles. The first kappa shape index (κ1) is 13.2. The Hall–Kier alpha value is -0.860. The Labute approximate surface area is 98.9 Å². The van der Waals surface area contributed by atoms with Gasteiger partial charge in [0.2, 0.25) is 0 Å². The first-order valence-electron chi connectivity index (χ1n) is 6.04. The van der Waals surface area contributed by atoms with Gasteiger partial charge in [-0.25, -0.2) is 0 Å². The molecule has 0 amide bonds. The maximum atomic E-state index is 9.43. The summed E-state index contributed by atoms with van der Waals surface area (Å²) in [6, 6.07) is 10.6. The van der Waals surface area contributed by atoms with Crippen LogP contribution in [0, 0.1) is 5.92 Å². The van der Waals surface area contributed by atoms with Gasteiger partial charge in [0, 0.05) is 12.6 Å². The number of hydrogen-bond acceptors (Lipinski definition) is 2. The van der Waals surface area contributed by atoms with Gasteiger partial charge in [0.25, 0.3) is 0 Å². The average molecular weight is 221 g/mol. The molecule has 0 aliphatic carbocycles. The minimum Gasteiger partial charge on any atom is -0.395 e. The number of hydrogen-bond donors (Lipinski definition) is 1. The lowest BCUT2D eigenvalue weighted by molar-refractivity contribution is 0.0999. The van der Waals surface area contributed by atoms with Crippen molar-refractivity contribution in [3.05, 3.63) is 35.9 Å². The van der Waals surface area contributed by atoms with Crippen LogP contribution in [0.15, 0.2) is 30.3 Å². The van der Waals surface area contributed by atoms with Crippen molar-refractivity contribution in [1.82, 2.24) is 4.90 Å². The van der Waals surface area contributed by atoms with Crippen molar-refractivity contribution in [3.63, 3.8) is 0 Å². The van der Waals surface area contributed by atoms with E-state index < -0.39 is 0 Å². The first-order chi connectivity index (χ1) is 7.69. The van der Waals surface area contributed by atoms with Gasteiger partial charge in [0.15, 0.2) is 0 Å². The summed E-state index contributed by atoms with van der Waals surface area (Å²) in [4.78, 5) is 2.24. The van der Waals surface area contributed by atoms with Crippen LogP contribution in [-0.2, 0) is 6.54 Å². The molecule has 2 atom stereocenters. The maximum Gasteiger partial charge on any atom is 0.0589 e. The Morgan fingerprint density at radius 2 is 1.88 bits per heavy atom. The minimum absolute atomic E-state index is 0.234. The number of rotatable bonds is 6. The molecule has 1 unspecified atom stereocenters. The van der Waals surface area contributed by atoms with Crippen LogP contribution in [0.25, 0.3) is 0 Å². The molecule has 2 heteroatoms. The molecule has 0 fully saturated rings. The van der Waals surface area contributed by atoms with Crippen molar-refractivity contribution in [2.45, 2.75) is 32.9 Å². The highest BCUT2D eigenvalue weighted by Crippen LogP contribution is 2.15. The van der Waals surface area contributed by atoms with Gasteiger partial charge in [-0.15, -0.1) is 0 Å². The molecule has 0 aliphatic rings. The van der Waals surface area contributed by atoms with Crippen molar-refractivity contribution in [1.29, 1.82) is 0 Å². The standard InChI is InChI=1S/C14H23NO/c1-4-12(2)14(11-16)15(3)10-13-8-6-5-7-9-13/h5-9,12,14,16H,4,10-11H2,1-3H3/t12?,14-/m1/s1. The summed E-state index contributed by atoms with van der Waals surface area (Å²) in [5, 5.41) is 9.43. The summed E-state index contributed by atoms with van der Waals surface area (Å²) in [5.41, 5.74) is 1.30. The van der Waals surface area contributed by atoms with Crippen LogP contribution in [0.3, 0.4) is 0 Å². The van der Waals surface area contributed by atoms with Gasteiger partial charge in [-0.1, -0.05) is 50.6 Å². The van der Waals surface area contributed by atoms with Crippen LogP contribution >= 0.6 is 0 Å². The van der Waals surface area contributed by atoms with E-state index in [1.54, 1.807) is 0 Å². The van der Waals surface area contributed by atoms with E-state index in [4.69, 9.17) is 0 Å². The van der Waals surface area contributed by atoms with Gasteiger partial charge in [-0.2, -0.15) is 0 Å². The molecule has 0 aromatic heterocycles. The van der Waals surface area contributed by atoms with Crippen LogP contribution in [0.1, 0.15) is 25.8 Å². The molecule has 0 saturated heterocycles. The summed E-state index contributed by atoms with van der Waals surface area (Å²) in [5.74, 6) is 0.527. The summed E-state index contributed by atoms with van der Waals surface area (Å²) < 4.78 is 0. The van der Waals surface area contributed by atoms with Crippen LogP contribution in [0.2, 0.25) is 0 Å². The zero-order valence-corrected chi connectivity index (χ0v) is 10.6. The maximum absolute atomic E-state index is 9.43. The molecule has 2 nitrogen and oxygen atoms in total. The van der Waals surface area contributed by atoms with E-state index in [2.05, 4.69) is 50.1 Å². The second-order valence-corrected chi connectivity index (χ2v) is 4.54. The van der Waals surface area contributed by atoms with Gasteiger partial charge in [0.1, 0.15) is 0 Å². The van der Waals surface area contributed by atoms with E-state index >= 15 is 0 Å². The summed E-state index contributed by atoms with van der Waals surface area (Å²) >= 11 is 0. The lowest BCUT2D eigenvalue weighted by atomic mass is 9.98. The van der Waals surface area contributed by atoms with Crippen LogP contribution < -0.4 is 0 Å². The summed E-state index contributed by atoms with van der Waals surface area (Å²) in [7, 11) is 2.08. The van der Waals surface area contributed by atoms with Crippen molar-refractivity contribution in [3.8, 4) is 0 Å². The predicted molar refractivity (Wildman–Crippen MR) is 68.2 cm³/mol. The van der Waals surface area contributed by atoms with E-state index in [9.17, 15) is 5.11 Å². The van der Waals surface area contributed by atoms with E-state index in [0.29, 0.717) is 5.92 Å². The van der Waals surface area contributed by atoms with Crippen LogP contribution in [-0.4, -0.2) is 29.7 Å². The number of aliphatic hydroxyl groups is 1. The highest BCUT2D eigenvalue weighted by Gasteiger charge is 2.19. The lowest BCUT2D eigenvalue weighted by Crippen LogP contribution is -2.39. The first-order valence-corrected chi connectivity index (χ1v) is 6.04. The molecule has 0 bridgehead atoms. The third-order valence-electron chi connectivity index (χ3n) is 3.33. The van der Waals surface area contributed by atoms with E-state index in [1.165, 1.54) is 5.56 Å². The van der Waals surface area contributed by atoms with Gasteiger partial charge >= 0.3 is 0 Å². The zero-order valence-electron chi connectivity index (χ0n) is 10.6. The summed E-state index contributed by atoms with van der Waals surface area (Å²) in [6.07, 6.45) is 1.10. The molecule has 1 N–H and O–H groups in total. The Morgan fingerprint density at radius 3 is 2.38 bits per heavy atom. The van der Waals surface area contributed by atoms with Crippen LogP contribution in [0.5, 0.6) is 0 Å². The van der Waals surface area contributed by atoms with Crippen molar-refractivity contribution >= 4 is 0 Å². The molecule has 0 heterocycles. The molecule has 0 spiro atoms. The third kappa shape index (κ3) is 3.62. The van der Waals surface area contributed by atoms with E-state index in [0.717, 1.165) is 13.0 Å². The third-order valence-corrected chi connectivity index (χ3v) is 3.33. The Bertz CT molecular complexity index is 286. The fourth-order valence-corrected chi connectivity index (χ4v) is 2.01. The molecule has 90 valence electrons. The van der Waals surface area contributed by atoms with Gasteiger partial charge < -0.3 is 5.11 Å². The van der Waals surface area contributed by atoms with E-state index in [1.807, 2.05) is 6.07 Å².